The molecule has 1 amide bonds. The molecule has 3 rings (SSSR count). The summed E-state index contributed by atoms with van der Waals surface area (Å²) in [7, 11) is 4.64. The van der Waals surface area contributed by atoms with E-state index in [4.69, 9.17) is 14.2 Å². The van der Waals surface area contributed by atoms with Gasteiger partial charge in [-0.15, -0.1) is 0 Å². The quantitative estimate of drug-likeness (QED) is 0.847. The number of hydrogen-bond acceptors (Lipinski definition) is 4. The zero-order chi connectivity index (χ0) is 18.0. The topological polar surface area (TPSA) is 48.0 Å². The van der Waals surface area contributed by atoms with Gasteiger partial charge in [0.2, 0.25) is 5.75 Å². The summed E-state index contributed by atoms with van der Waals surface area (Å²) in [6.07, 6.45) is 0.938. The second-order valence-corrected chi connectivity index (χ2v) is 6.12. The maximum absolute atomic E-state index is 13.2. The maximum atomic E-state index is 13.2. The van der Waals surface area contributed by atoms with Gasteiger partial charge in [0.15, 0.2) is 11.5 Å². The van der Waals surface area contributed by atoms with Gasteiger partial charge in [0.1, 0.15) is 0 Å². The van der Waals surface area contributed by atoms with E-state index in [1.54, 1.807) is 33.5 Å². The minimum absolute atomic E-state index is 0.0707. The van der Waals surface area contributed by atoms with E-state index in [0.717, 1.165) is 12.1 Å². The highest BCUT2D eigenvalue weighted by molar-refractivity contribution is 6.07. The lowest BCUT2D eigenvalue weighted by Crippen LogP contribution is -2.36. The molecule has 132 valence electrons. The molecule has 2 aromatic rings. The van der Waals surface area contributed by atoms with Gasteiger partial charge >= 0.3 is 0 Å². The van der Waals surface area contributed by atoms with Crippen LogP contribution in [0.3, 0.4) is 0 Å². The highest BCUT2D eigenvalue weighted by Crippen LogP contribution is 2.40. The fourth-order valence-electron chi connectivity index (χ4n) is 3.32. The zero-order valence-corrected chi connectivity index (χ0v) is 15.0. The number of methoxy groups -OCH3 is 3. The van der Waals surface area contributed by atoms with Gasteiger partial charge in [0, 0.05) is 17.8 Å². The molecule has 0 bridgehead atoms. The van der Waals surface area contributed by atoms with Crippen molar-refractivity contribution < 1.29 is 19.0 Å². The molecular formula is C20H23NO4. The SMILES string of the molecule is COc1cc(C(=O)N2CC[C@@H](C)c3ccccc32)cc(OC)c1OC. The van der Waals surface area contributed by atoms with E-state index in [1.807, 2.05) is 23.1 Å². The first-order valence-corrected chi connectivity index (χ1v) is 8.31. The van der Waals surface area contributed by atoms with E-state index in [0.29, 0.717) is 35.3 Å². The van der Waals surface area contributed by atoms with Crippen LogP contribution in [0.2, 0.25) is 0 Å². The van der Waals surface area contributed by atoms with E-state index < -0.39 is 0 Å². The van der Waals surface area contributed by atoms with E-state index in [9.17, 15) is 4.79 Å². The largest absolute Gasteiger partial charge is 0.493 e. The lowest BCUT2D eigenvalue weighted by atomic mass is 9.91. The van der Waals surface area contributed by atoms with Gasteiger partial charge in [-0.2, -0.15) is 0 Å². The van der Waals surface area contributed by atoms with Crippen molar-refractivity contribution in [3.8, 4) is 17.2 Å². The number of carbonyl (C=O) groups excluding carboxylic acids is 1. The molecule has 0 fully saturated rings. The van der Waals surface area contributed by atoms with Gasteiger partial charge in [0.25, 0.3) is 5.91 Å². The Kier molecular flexibility index (Phi) is 4.83. The molecule has 0 unspecified atom stereocenters. The number of fused-ring (bicyclic) bond motifs is 1. The Balaban J connectivity index is 2.03. The molecule has 0 saturated heterocycles. The Morgan fingerprint density at radius 1 is 1.04 bits per heavy atom. The van der Waals surface area contributed by atoms with Crippen molar-refractivity contribution in [1.82, 2.24) is 0 Å². The lowest BCUT2D eigenvalue weighted by molar-refractivity contribution is 0.0983. The molecule has 1 aliphatic heterocycles. The summed E-state index contributed by atoms with van der Waals surface area (Å²) in [5.41, 5.74) is 2.69. The van der Waals surface area contributed by atoms with E-state index in [2.05, 4.69) is 13.0 Å². The minimum atomic E-state index is -0.0707. The van der Waals surface area contributed by atoms with Gasteiger partial charge < -0.3 is 19.1 Å². The lowest BCUT2D eigenvalue weighted by Gasteiger charge is -2.33. The molecule has 2 aromatic carbocycles. The van der Waals surface area contributed by atoms with Crippen molar-refractivity contribution in [1.29, 1.82) is 0 Å². The third-order valence-corrected chi connectivity index (χ3v) is 4.70. The minimum Gasteiger partial charge on any atom is -0.493 e. The molecule has 0 radical (unpaired) electrons. The number of para-hydroxylation sites is 1. The molecule has 0 saturated carbocycles. The normalized spacial score (nSPS) is 16.2. The molecule has 1 aliphatic rings. The maximum Gasteiger partial charge on any atom is 0.258 e. The standard InChI is InChI=1S/C20H23NO4/c1-13-9-10-21(16-8-6-5-7-15(13)16)20(22)14-11-17(23-2)19(25-4)18(12-14)24-3/h5-8,11-13H,9-10H2,1-4H3/t13-/m1/s1. The average Bonchev–Trinajstić information content (AvgIpc) is 2.66. The molecular weight excluding hydrogens is 318 g/mol. The Morgan fingerprint density at radius 3 is 2.28 bits per heavy atom. The van der Waals surface area contributed by atoms with Crippen molar-refractivity contribution in [3.05, 3.63) is 47.5 Å². The summed E-state index contributed by atoms with van der Waals surface area (Å²) in [6.45, 7) is 2.88. The molecule has 25 heavy (non-hydrogen) atoms. The molecule has 0 spiro atoms. The Morgan fingerprint density at radius 2 is 1.68 bits per heavy atom. The summed E-state index contributed by atoms with van der Waals surface area (Å²) < 4.78 is 16.1. The molecule has 1 atom stereocenters. The summed E-state index contributed by atoms with van der Waals surface area (Å²) in [4.78, 5) is 15.0. The number of hydrogen-bond donors (Lipinski definition) is 0. The van der Waals surface area contributed by atoms with Crippen molar-refractivity contribution in [2.45, 2.75) is 19.3 Å². The van der Waals surface area contributed by atoms with Crippen LogP contribution in [0.5, 0.6) is 17.2 Å². The predicted molar refractivity (Wildman–Crippen MR) is 97.2 cm³/mol. The number of amides is 1. The van der Waals surface area contributed by atoms with Crippen LogP contribution in [-0.4, -0.2) is 33.8 Å². The summed E-state index contributed by atoms with van der Waals surface area (Å²) in [5.74, 6) is 1.81. The smallest absolute Gasteiger partial charge is 0.258 e. The van der Waals surface area contributed by atoms with E-state index >= 15 is 0 Å². The van der Waals surface area contributed by atoms with E-state index in [-0.39, 0.29) is 5.91 Å². The molecule has 0 aliphatic carbocycles. The van der Waals surface area contributed by atoms with Crippen molar-refractivity contribution in [2.75, 3.05) is 32.8 Å². The highest BCUT2D eigenvalue weighted by atomic mass is 16.5. The summed E-state index contributed by atoms with van der Waals surface area (Å²) in [5, 5.41) is 0. The van der Waals surface area contributed by atoms with Gasteiger partial charge in [-0.3, -0.25) is 4.79 Å². The monoisotopic (exact) mass is 341 g/mol. The van der Waals surface area contributed by atoms with Crippen molar-refractivity contribution in [2.24, 2.45) is 0 Å². The van der Waals surface area contributed by atoms with Crippen LogP contribution >= 0.6 is 0 Å². The Labute approximate surface area is 148 Å². The first kappa shape index (κ1) is 17.1. The van der Waals surface area contributed by atoms with Gasteiger partial charge in [-0.1, -0.05) is 25.1 Å². The third-order valence-electron chi connectivity index (χ3n) is 4.70. The highest BCUT2D eigenvalue weighted by Gasteiger charge is 2.28. The van der Waals surface area contributed by atoms with Crippen LogP contribution in [0, 0.1) is 0 Å². The van der Waals surface area contributed by atoms with E-state index in [1.165, 1.54) is 5.56 Å². The first-order chi connectivity index (χ1) is 12.1. The van der Waals surface area contributed by atoms with Crippen LogP contribution in [0.1, 0.15) is 35.2 Å². The molecule has 5 nitrogen and oxygen atoms in total. The molecule has 5 heteroatoms. The fraction of sp³-hybridized carbons (Fsp3) is 0.350. The summed E-state index contributed by atoms with van der Waals surface area (Å²) >= 11 is 0. The van der Waals surface area contributed by atoms with Gasteiger partial charge in [0.05, 0.1) is 21.3 Å². The van der Waals surface area contributed by atoms with Crippen LogP contribution in [-0.2, 0) is 0 Å². The van der Waals surface area contributed by atoms with Crippen molar-refractivity contribution in [3.63, 3.8) is 0 Å². The summed E-state index contributed by atoms with van der Waals surface area (Å²) in [6, 6.07) is 11.5. The number of carbonyl (C=O) groups is 1. The van der Waals surface area contributed by atoms with Crippen LogP contribution in [0.4, 0.5) is 5.69 Å². The van der Waals surface area contributed by atoms with Crippen molar-refractivity contribution >= 4 is 11.6 Å². The average molecular weight is 341 g/mol. The zero-order valence-electron chi connectivity index (χ0n) is 15.0. The molecule has 0 N–H and O–H groups in total. The Bertz CT molecular complexity index is 762. The van der Waals surface area contributed by atoms with Gasteiger partial charge in [-0.05, 0) is 36.1 Å². The Hall–Kier alpha value is -2.69. The number of benzene rings is 2. The third kappa shape index (κ3) is 3.02. The van der Waals surface area contributed by atoms with Crippen LogP contribution < -0.4 is 19.1 Å². The molecule has 1 heterocycles. The predicted octanol–water partition coefficient (Wildman–Crippen LogP) is 3.87. The number of nitrogens with zero attached hydrogens (tertiary/aromatic N) is 1. The number of anilines is 1. The second-order valence-electron chi connectivity index (χ2n) is 6.12. The second kappa shape index (κ2) is 7.05. The first-order valence-electron chi connectivity index (χ1n) is 8.31. The molecule has 0 aromatic heterocycles. The van der Waals surface area contributed by atoms with Crippen LogP contribution in [0.25, 0.3) is 0 Å². The fourth-order valence-corrected chi connectivity index (χ4v) is 3.32. The van der Waals surface area contributed by atoms with Crippen LogP contribution in [0.15, 0.2) is 36.4 Å². The van der Waals surface area contributed by atoms with Gasteiger partial charge in [-0.25, -0.2) is 0 Å². The number of rotatable bonds is 4. The number of ether oxygens (including phenoxy) is 3.